The number of thioether (sulfide) groups is 1. The van der Waals surface area contributed by atoms with Gasteiger partial charge in [-0.05, 0) is 59.8 Å². The van der Waals surface area contributed by atoms with Gasteiger partial charge in [-0.25, -0.2) is 4.99 Å². The molecule has 0 N–H and O–H groups in total. The smallest absolute Gasteiger partial charge is 0.271 e. The maximum Gasteiger partial charge on any atom is 0.271 e. The van der Waals surface area contributed by atoms with Gasteiger partial charge in [-0.3, -0.25) is 9.69 Å². The Morgan fingerprint density at radius 1 is 0.867 bits per heavy atom. The molecule has 5 rings (SSSR count). The van der Waals surface area contributed by atoms with Crippen LogP contribution in [0.4, 0.5) is 11.4 Å². The molecule has 2 heterocycles. The summed E-state index contributed by atoms with van der Waals surface area (Å²) in [7, 11) is 0. The Kier molecular flexibility index (Phi) is 4.99. The SMILES string of the molecule is O=C1/C(=C/c2ccc3c(c2)OCCO3)S/C(=N\c2ccccc2)N1c1ccccc1. The van der Waals surface area contributed by atoms with Crippen LogP contribution in [-0.2, 0) is 4.79 Å². The summed E-state index contributed by atoms with van der Waals surface area (Å²) in [5.41, 5.74) is 2.47. The minimum absolute atomic E-state index is 0.101. The second-order valence-corrected chi connectivity index (χ2v) is 7.73. The van der Waals surface area contributed by atoms with E-state index in [1.165, 1.54) is 11.8 Å². The van der Waals surface area contributed by atoms with Crippen molar-refractivity contribution < 1.29 is 14.3 Å². The Hall–Kier alpha value is -3.51. The predicted molar refractivity (Wildman–Crippen MR) is 120 cm³/mol. The molecule has 5 nitrogen and oxygen atoms in total. The minimum atomic E-state index is -0.101. The second kappa shape index (κ2) is 8.08. The number of benzene rings is 3. The monoisotopic (exact) mass is 414 g/mol. The Bertz CT molecular complexity index is 1140. The lowest BCUT2D eigenvalue weighted by Gasteiger charge is -2.18. The van der Waals surface area contributed by atoms with Crippen LogP contribution in [-0.4, -0.2) is 24.3 Å². The van der Waals surface area contributed by atoms with E-state index in [2.05, 4.69) is 0 Å². The summed E-state index contributed by atoms with van der Waals surface area (Å²) < 4.78 is 11.2. The Morgan fingerprint density at radius 3 is 2.33 bits per heavy atom. The van der Waals surface area contributed by atoms with Crippen molar-refractivity contribution in [2.24, 2.45) is 4.99 Å². The Labute approximate surface area is 178 Å². The number of carbonyl (C=O) groups excluding carboxylic acids is 1. The summed E-state index contributed by atoms with van der Waals surface area (Å²) in [6.07, 6.45) is 1.87. The molecule has 3 aromatic carbocycles. The number of carbonyl (C=O) groups is 1. The van der Waals surface area contributed by atoms with Gasteiger partial charge < -0.3 is 9.47 Å². The van der Waals surface area contributed by atoms with Crippen molar-refractivity contribution in [3.8, 4) is 11.5 Å². The zero-order valence-electron chi connectivity index (χ0n) is 16.0. The average molecular weight is 414 g/mol. The number of aliphatic imine (C=N–C) groups is 1. The average Bonchev–Trinajstić information content (AvgIpc) is 3.09. The molecule has 0 spiro atoms. The number of hydrogen-bond acceptors (Lipinski definition) is 5. The molecule has 0 bridgehead atoms. The van der Waals surface area contributed by atoms with Gasteiger partial charge in [0.1, 0.15) is 13.2 Å². The van der Waals surface area contributed by atoms with Crippen LogP contribution in [0.5, 0.6) is 11.5 Å². The minimum Gasteiger partial charge on any atom is -0.486 e. The first kappa shape index (κ1) is 18.5. The largest absolute Gasteiger partial charge is 0.486 e. The molecule has 2 aliphatic rings. The van der Waals surface area contributed by atoms with Crippen LogP contribution in [0, 0.1) is 0 Å². The van der Waals surface area contributed by atoms with E-state index in [-0.39, 0.29) is 5.91 Å². The molecule has 148 valence electrons. The molecule has 0 saturated carbocycles. The first-order valence-corrected chi connectivity index (χ1v) is 10.4. The summed E-state index contributed by atoms with van der Waals surface area (Å²) in [5, 5.41) is 0.626. The molecule has 6 heteroatoms. The summed E-state index contributed by atoms with van der Waals surface area (Å²) in [5.74, 6) is 1.32. The molecule has 3 aromatic rings. The van der Waals surface area contributed by atoms with Crippen LogP contribution < -0.4 is 14.4 Å². The number of hydrogen-bond donors (Lipinski definition) is 0. The van der Waals surface area contributed by atoms with Gasteiger partial charge in [-0.15, -0.1) is 0 Å². The molecule has 0 aliphatic carbocycles. The van der Waals surface area contributed by atoms with E-state index in [1.807, 2.05) is 84.9 Å². The topological polar surface area (TPSA) is 51.1 Å². The molecule has 0 radical (unpaired) electrons. The molecule has 1 fully saturated rings. The first-order chi connectivity index (χ1) is 14.8. The Morgan fingerprint density at radius 2 is 1.57 bits per heavy atom. The van der Waals surface area contributed by atoms with E-state index >= 15 is 0 Å². The lowest BCUT2D eigenvalue weighted by Crippen LogP contribution is -2.28. The predicted octanol–water partition coefficient (Wildman–Crippen LogP) is 5.27. The molecule has 0 aromatic heterocycles. The molecule has 2 aliphatic heterocycles. The maximum atomic E-state index is 13.3. The molecule has 1 amide bonds. The summed E-state index contributed by atoms with van der Waals surface area (Å²) in [6, 6.07) is 24.9. The number of rotatable bonds is 3. The van der Waals surface area contributed by atoms with Crippen molar-refractivity contribution >= 4 is 40.3 Å². The van der Waals surface area contributed by atoms with Crippen molar-refractivity contribution in [3.05, 3.63) is 89.3 Å². The fraction of sp³-hybridized carbons (Fsp3) is 0.0833. The van der Waals surface area contributed by atoms with Crippen molar-refractivity contribution in [1.29, 1.82) is 0 Å². The van der Waals surface area contributed by atoms with Gasteiger partial charge >= 0.3 is 0 Å². The van der Waals surface area contributed by atoms with E-state index < -0.39 is 0 Å². The quantitative estimate of drug-likeness (QED) is 0.548. The molecule has 0 unspecified atom stereocenters. The van der Waals surface area contributed by atoms with Gasteiger partial charge in [0.2, 0.25) is 0 Å². The van der Waals surface area contributed by atoms with Gasteiger partial charge in [-0.2, -0.15) is 0 Å². The maximum absolute atomic E-state index is 13.3. The third-order valence-electron chi connectivity index (χ3n) is 4.67. The van der Waals surface area contributed by atoms with Crippen molar-refractivity contribution in [2.75, 3.05) is 18.1 Å². The first-order valence-electron chi connectivity index (χ1n) is 9.60. The number of amides is 1. The second-order valence-electron chi connectivity index (χ2n) is 6.72. The van der Waals surface area contributed by atoms with Gasteiger partial charge in [-0.1, -0.05) is 42.5 Å². The fourth-order valence-corrected chi connectivity index (χ4v) is 4.27. The third kappa shape index (κ3) is 3.69. The normalized spacial score (nSPS) is 18.3. The van der Waals surface area contributed by atoms with Crippen LogP contribution >= 0.6 is 11.8 Å². The lowest BCUT2D eigenvalue weighted by molar-refractivity contribution is -0.113. The molecule has 1 saturated heterocycles. The van der Waals surface area contributed by atoms with Gasteiger partial charge in [0.05, 0.1) is 16.3 Å². The van der Waals surface area contributed by atoms with E-state index in [4.69, 9.17) is 14.5 Å². The summed E-state index contributed by atoms with van der Waals surface area (Å²) in [6.45, 7) is 1.07. The molecule has 30 heavy (non-hydrogen) atoms. The van der Waals surface area contributed by atoms with Crippen LogP contribution in [0.25, 0.3) is 6.08 Å². The zero-order valence-corrected chi connectivity index (χ0v) is 16.8. The van der Waals surface area contributed by atoms with E-state index in [0.29, 0.717) is 29.0 Å². The highest BCUT2D eigenvalue weighted by Crippen LogP contribution is 2.38. The number of fused-ring (bicyclic) bond motifs is 1. The highest BCUT2D eigenvalue weighted by atomic mass is 32.2. The fourth-order valence-electron chi connectivity index (χ4n) is 3.27. The number of para-hydroxylation sites is 2. The van der Waals surface area contributed by atoms with E-state index in [9.17, 15) is 4.79 Å². The van der Waals surface area contributed by atoms with Gasteiger partial charge in [0, 0.05) is 0 Å². The number of nitrogens with zero attached hydrogens (tertiary/aromatic N) is 2. The van der Waals surface area contributed by atoms with Crippen LogP contribution in [0.3, 0.4) is 0 Å². The van der Waals surface area contributed by atoms with E-state index in [1.54, 1.807) is 4.90 Å². The number of amidine groups is 1. The van der Waals surface area contributed by atoms with Gasteiger partial charge in [0.25, 0.3) is 5.91 Å². The highest BCUT2D eigenvalue weighted by Gasteiger charge is 2.34. The molecular weight excluding hydrogens is 396 g/mol. The van der Waals surface area contributed by atoms with Crippen LogP contribution in [0.1, 0.15) is 5.56 Å². The zero-order chi connectivity index (χ0) is 20.3. The standard InChI is InChI=1S/C24H18N2O3S/c27-23-22(16-17-11-12-20-21(15-17)29-14-13-28-20)30-24(25-18-7-3-1-4-8-18)26(23)19-9-5-2-6-10-19/h1-12,15-16H,13-14H2/b22-16-,25-24-. The van der Waals surface area contributed by atoms with Crippen LogP contribution in [0.2, 0.25) is 0 Å². The molecule has 0 atom stereocenters. The van der Waals surface area contributed by atoms with Crippen molar-refractivity contribution in [2.45, 2.75) is 0 Å². The lowest BCUT2D eigenvalue weighted by atomic mass is 10.1. The number of ether oxygens (including phenoxy) is 2. The summed E-state index contributed by atoms with van der Waals surface area (Å²) in [4.78, 5) is 20.3. The third-order valence-corrected chi connectivity index (χ3v) is 5.63. The van der Waals surface area contributed by atoms with Crippen LogP contribution in [0.15, 0.2) is 88.8 Å². The van der Waals surface area contributed by atoms with E-state index in [0.717, 1.165) is 22.7 Å². The van der Waals surface area contributed by atoms with Crippen molar-refractivity contribution in [1.82, 2.24) is 0 Å². The van der Waals surface area contributed by atoms with Gasteiger partial charge in [0.15, 0.2) is 16.7 Å². The summed E-state index contributed by atoms with van der Waals surface area (Å²) >= 11 is 1.36. The Balaban J connectivity index is 1.53. The molecular formula is C24H18N2O3S. The number of anilines is 1. The highest BCUT2D eigenvalue weighted by molar-refractivity contribution is 8.19. The van der Waals surface area contributed by atoms with Crippen molar-refractivity contribution in [3.63, 3.8) is 0 Å².